The average molecular weight is 813 g/mol. The molecule has 1 aromatic heterocycles. The number of hydrogen-bond donors (Lipinski definition) is 3. The second kappa shape index (κ2) is 14.9. The highest BCUT2D eigenvalue weighted by atomic mass is 19.1. The smallest absolute Gasteiger partial charge is 0.320 e. The fourth-order valence-corrected chi connectivity index (χ4v) is 10.1. The van der Waals surface area contributed by atoms with Crippen molar-refractivity contribution in [3.05, 3.63) is 59.4 Å². The van der Waals surface area contributed by atoms with E-state index in [2.05, 4.69) is 50.5 Å². The van der Waals surface area contributed by atoms with Gasteiger partial charge in [-0.05, 0) is 74.9 Å². The Bertz CT molecular complexity index is 2200. The first-order chi connectivity index (χ1) is 28.3. The Morgan fingerprint density at radius 1 is 0.949 bits per heavy atom. The third kappa shape index (κ3) is 6.96. The summed E-state index contributed by atoms with van der Waals surface area (Å²) in [5.74, 6) is -1.22. The summed E-state index contributed by atoms with van der Waals surface area (Å²) < 4.78 is 29.4. The van der Waals surface area contributed by atoms with Crippen LogP contribution in [-0.2, 0) is 16.1 Å². The zero-order valence-corrected chi connectivity index (χ0v) is 33.4. The van der Waals surface area contributed by atoms with Crippen LogP contribution in [0.25, 0.3) is 11.3 Å². The van der Waals surface area contributed by atoms with Crippen LogP contribution in [0.2, 0.25) is 0 Å². The molecule has 4 saturated heterocycles. The number of phenolic OH excluding ortho intramolecular Hbond substituents is 1. The summed E-state index contributed by atoms with van der Waals surface area (Å²) in [6, 6.07) is 11.1. The maximum absolute atomic E-state index is 15.2. The van der Waals surface area contributed by atoms with E-state index in [9.17, 15) is 28.7 Å². The molecule has 15 nitrogen and oxygen atoms in total. The van der Waals surface area contributed by atoms with Gasteiger partial charge < -0.3 is 34.9 Å². The SMILES string of the molecule is CC1(C)CN(CC2CCN(c3ccc4c(c3)C(=O)N([C@@H]3CCC(=O)NC3=O)C4)CC2)CCN1C(=O)N1CCN2c3cc(-c4cccc(F)c4O)nnc3NC[C@@]2(CF)C1. The normalized spacial score (nSPS) is 24.7. The fourth-order valence-electron chi connectivity index (χ4n) is 10.1. The third-order valence-corrected chi connectivity index (χ3v) is 13.3. The van der Waals surface area contributed by atoms with Crippen molar-refractivity contribution in [2.45, 2.75) is 63.2 Å². The molecule has 312 valence electrons. The van der Waals surface area contributed by atoms with Crippen LogP contribution in [0.15, 0.2) is 42.5 Å². The summed E-state index contributed by atoms with van der Waals surface area (Å²) in [5.41, 5.74) is 2.07. The lowest BCUT2D eigenvalue weighted by atomic mass is 9.91. The maximum Gasteiger partial charge on any atom is 0.320 e. The third-order valence-electron chi connectivity index (χ3n) is 13.3. The van der Waals surface area contributed by atoms with Gasteiger partial charge in [0.05, 0.1) is 16.9 Å². The van der Waals surface area contributed by atoms with Crippen LogP contribution >= 0.6 is 0 Å². The van der Waals surface area contributed by atoms with Crippen LogP contribution in [0.5, 0.6) is 5.75 Å². The number of aromatic hydroxyl groups is 1. The molecule has 0 bridgehead atoms. The monoisotopic (exact) mass is 812 g/mol. The first-order valence-corrected chi connectivity index (χ1v) is 20.6. The number of para-hydroxylation sites is 1. The van der Waals surface area contributed by atoms with E-state index in [0.717, 1.165) is 56.3 Å². The van der Waals surface area contributed by atoms with Crippen LogP contribution < -0.4 is 20.4 Å². The number of benzene rings is 2. The van der Waals surface area contributed by atoms with Crippen molar-refractivity contribution in [3.8, 4) is 17.0 Å². The Hall–Kier alpha value is -5.58. The van der Waals surface area contributed by atoms with E-state index in [4.69, 9.17) is 0 Å². The number of imide groups is 1. The number of aromatic nitrogens is 2. The molecule has 6 aliphatic rings. The highest BCUT2D eigenvalue weighted by molar-refractivity contribution is 6.05. The number of rotatable bonds is 6. The van der Waals surface area contributed by atoms with Crippen LogP contribution in [-0.4, -0.2) is 148 Å². The molecule has 4 fully saturated rings. The lowest BCUT2D eigenvalue weighted by Crippen LogP contribution is -2.72. The van der Waals surface area contributed by atoms with E-state index in [1.54, 1.807) is 21.9 Å². The molecule has 6 aliphatic heterocycles. The molecular formula is C42H50F2N10O5. The van der Waals surface area contributed by atoms with Crippen molar-refractivity contribution in [2.75, 3.05) is 87.2 Å². The summed E-state index contributed by atoms with van der Waals surface area (Å²) in [7, 11) is 0. The second-order valence-corrected chi connectivity index (χ2v) is 17.5. The Labute approximate surface area is 341 Å². The number of piperazine rings is 2. The van der Waals surface area contributed by atoms with Crippen molar-refractivity contribution < 1.29 is 33.1 Å². The number of anilines is 3. The topological polar surface area (TPSA) is 158 Å². The first-order valence-electron chi connectivity index (χ1n) is 20.6. The predicted molar refractivity (Wildman–Crippen MR) is 215 cm³/mol. The van der Waals surface area contributed by atoms with E-state index in [0.29, 0.717) is 62.1 Å². The van der Waals surface area contributed by atoms with Gasteiger partial charge in [-0.2, -0.15) is 0 Å². The predicted octanol–water partition coefficient (Wildman–Crippen LogP) is 3.44. The van der Waals surface area contributed by atoms with E-state index < -0.39 is 41.3 Å². The van der Waals surface area contributed by atoms with E-state index in [-0.39, 0.29) is 48.6 Å². The highest BCUT2D eigenvalue weighted by Gasteiger charge is 2.49. The lowest BCUT2D eigenvalue weighted by molar-refractivity contribution is -0.136. The molecule has 0 saturated carbocycles. The summed E-state index contributed by atoms with van der Waals surface area (Å²) in [4.78, 5) is 63.8. The van der Waals surface area contributed by atoms with Crippen molar-refractivity contribution in [1.29, 1.82) is 0 Å². The quantitative estimate of drug-likeness (QED) is 0.314. The number of nitrogens with zero attached hydrogens (tertiary/aromatic N) is 8. The molecule has 3 aromatic rings. The van der Waals surface area contributed by atoms with E-state index in [1.165, 1.54) is 6.07 Å². The molecule has 17 heteroatoms. The van der Waals surface area contributed by atoms with Crippen molar-refractivity contribution in [2.24, 2.45) is 5.92 Å². The zero-order valence-electron chi connectivity index (χ0n) is 33.4. The van der Waals surface area contributed by atoms with Gasteiger partial charge in [-0.3, -0.25) is 24.6 Å². The molecule has 3 N–H and O–H groups in total. The van der Waals surface area contributed by atoms with Crippen LogP contribution in [0.3, 0.4) is 0 Å². The van der Waals surface area contributed by atoms with Crippen LogP contribution in [0.1, 0.15) is 55.5 Å². The number of hydrogen-bond acceptors (Lipinski definition) is 11. The molecule has 5 amide bonds. The van der Waals surface area contributed by atoms with Crippen LogP contribution in [0, 0.1) is 11.7 Å². The first kappa shape index (κ1) is 38.9. The molecule has 0 radical (unpaired) electrons. The number of carbonyl (C=O) groups is 4. The van der Waals surface area contributed by atoms with Gasteiger partial charge >= 0.3 is 6.03 Å². The molecule has 0 aliphatic carbocycles. The van der Waals surface area contributed by atoms with Gasteiger partial charge in [-0.1, -0.05) is 12.1 Å². The molecule has 7 heterocycles. The van der Waals surface area contributed by atoms with Crippen LogP contribution in [0.4, 0.5) is 30.8 Å². The number of piperidine rings is 2. The van der Waals surface area contributed by atoms with Gasteiger partial charge in [0.15, 0.2) is 17.4 Å². The Kier molecular flexibility index (Phi) is 9.83. The van der Waals surface area contributed by atoms with Gasteiger partial charge in [0, 0.05) is 95.2 Å². The highest BCUT2D eigenvalue weighted by Crippen LogP contribution is 2.41. The van der Waals surface area contributed by atoms with E-state index >= 15 is 4.39 Å². The lowest BCUT2D eigenvalue weighted by Gasteiger charge is -2.55. The molecular weight excluding hydrogens is 763 g/mol. The van der Waals surface area contributed by atoms with Crippen molar-refractivity contribution in [3.63, 3.8) is 0 Å². The minimum Gasteiger partial charge on any atom is -0.504 e. The van der Waals surface area contributed by atoms with E-state index in [1.807, 2.05) is 21.9 Å². The second-order valence-electron chi connectivity index (χ2n) is 17.5. The Balaban J connectivity index is 0.792. The van der Waals surface area contributed by atoms with Gasteiger partial charge in [0.2, 0.25) is 11.8 Å². The number of fused-ring (bicyclic) bond motifs is 4. The zero-order chi connectivity index (χ0) is 41.2. The molecule has 0 spiro atoms. The standard InChI is InChI=1S/C42H50F2N10O5/c1-41(2)24-49(20-26-10-12-50(13-11-26)28-7-6-27-21-52(39(58)30(27)18-28)33-8-9-35(55)46-38(33)57)14-16-54(41)40(59)51-15-17-53-34-19-32(29-4-3-5-31(44)36(29)56)47-48-37(34)45-23-42(53,22-43)25-51/h3-7,18-19,26,33,56H,8-17,20-25H2,1-2H3,(H,45,48)(H,46,55,57)/t33-,42+/m1/s1. The van der Waals surface area contributed by atoms with Crippen molar-refractivity contribution >= 4 is 40.9 Å². The Morgan fingerprint density at radius 3 is 2.53 bits per heavy atom. The number of amides is 5. The fraction of sp³-hybridized carbons (Fsp3) is 0.524. The minimum atomic E-state index is -1.04. The summed E-state index contributed by atoms with van der Waals surface area (Å²) in [6.07, 6.45) is 2.56. The molecule has 2 aromatic carbocycles. The molecule has 2 atom stereocenters. The minimum absolute atomic E-state index is 0.104. The largest absolute Gasteiger partial charge is 0.504 e. The summed E-state index contributed by atoms with van der Waals surface area (Å²) in [5, 5.41) is 24.4. The summed E-state index contributed by atoms with van der Waals surface area (Å²) >= 11 is 0. The van der Waals surface area contributed by atoms with Gasteiger partial charge in [-0.25, -0.2) is 13.6 Å². The number of urea groups is 1. The maximum atomic E-state index is 15.2. The average Bonchev–Trinajstić information content (AvgIpc) is 3.55. The number of phenols is 1. The molecule has 9 rings (SSSR count). The van der Waals surface area contributed by atoms with Gasteiger partial charge in [0.1, 0.15) is 18.3 Å². The number of alkyl halides is 1. The molecule has 59 heavy (non-hydrogen) atoms. The molecule has 0 unspecified atom stereocenters. The van der Waals surface area contributed by atoms with Gasteiger partial charge in [-0.15, -0.1) is 10.2 Å². The van der Waals surface area contributed by atoms with Crippen molar-refractivity contribution in [1.82, 2.24) is 35.1 Å². The van der Waals surface area contributed by atoms with Gasteiger partial charge in [0.25, 0.3) is 5.91 Å². The number of carbonyl (C=O) groups excluding carboxylic acids is 4. The number of nitrogens with one attached hydrogen (secondary N) is 2. The summed E-state index contributed by atoms with van der Waals surface area (Å²) in [6.45, 7) is 9.65. The number of halogens is 2. The Morgan fingerprint density at radius 2 is 1.76 bits per heavy atom.